The van der Waals surface area contributed by atoms with Crippen molar-refractivity contribution in [1.29, 1.82) is 0 Å². The molecule has 4 nitrogen and oxygen atoms in total. The van der Waals surface area contributed by atoms with Gasteiger partial charge in [-0.2, -0.15) is 0 Å². The summed E-state index contributed by atoms with van der Waals surface area (Å²) in [4.78, 5) is 15.1. The first-order chi connectivity index (χ1) is 8.97. The molecule has 0 bridgehead atoms. The lowest BCUT2D eigenvalue weighted by molar-refractivity contribution is 0.0697. The zero-order valence-electron chi connectivity index (χ0n) is 10.2. The number of rotatable bonds is 4. The van der Waals surface area contributed by atoms with E-state index in [0.29, 0.717) is 5.02 Å². The quantitative estimate of drug-likeness (QED) is 0.923. The maximum atomic E-state index is 10.8. The highest BCUT2D eigenvalue weighted by Crippen LogP contribution is 2.20. The summed E-state index contributed by atoms with van der Waals surface area (Å²) in [6.07, 6.45) is 2.64. The molecule has 2 rings (SSSR count). The van der Waals surface area contributed by atoms with E-state index in [4.69, 9.17) is 16.7 Å². The second-order valence-corrected chi connectivity index (χ2v) is 5.39. The maximum Gasteiger partial charge on any atom is 0.335 e. The van der Waals surface area contributed by atoms with Crippen molar-refractivity contribution in [3.63, 3.8) is 0 Å². The number of aromatic carboxylic acids is 1. The normalized spacial score (nSPS) is 10.7. The molecule has 0 aliphatic rings. The van der Waals surface area contributed by atoms with Crippen LogP contribution >= 0.6 is 27.5 Å². The Balaban J connectivity index is 2.12. The van der Waals surface area contributed by atoms with Crippen LogP contribution in [0, 0.1) is 6.92 Å². The number of carboxylic acids is 1. The van der Waals surface area contributed by atoms with Crippen LogP contribution in [0.15, 0.2) is 29.0 Å². The van der Waals surface area contributed by atoms with Gasteiger partial charge in [-0.1, -0.05) is 17.7 Å². The Kier molecular flexibility index (Phi) is 4.27. The van der Waals surface area contributed by atoms with Crippen LogP contribution < -0.4 is 0 Å². The van der Waals surface area contributed by atoms with E-state index in [-0.39, 0.29) is 5.56 Å². The number of aromatic nitrogens is 2. The molecule has 2 aromatic rings. The molecule has 1 N–H and O–H groups in total. The van der Waals surface area contributed by atoms with E-state index in [2.05, 4.69) is 20.9 Å². The number of carboxylic acid groups (broad SMARTS) is 1. The van der Waals surface area contributed by atoms with Gasteiger partial charge in [-0.15, -0.1) is 0 Å². The van der Waals surface area contributed by atoms with Gasteiger partial charge in [0.1, 0.15) is 10.4 Å². The van der Waals surface area contributed by atoms with Gasteiger partial charge in [0, 0.05) is 17.8 Å². The molecule has 0 unspecified atom stereocenters. The average Bonchev–Trinajstić information content (AvgIpc) is 2.66. The summed E-state index contributed by atoms with van der Waals surface area (Å²) in [7, 11) is 0. The first-order valence-corrected chi connectivity index (χ1v) is 6.85. The molecule has 1 aromatic heterocycles. The Hall–Kier alpha value is -1.33. The van der Waals surface area contributed by atoms with Crippen LogP contribution in [0.25, 0.3) is 0 Å². The summed E-state index contributed by atoms with van der Waals surface area (Å²) in [6.45, 7) is 2.68. The van der Waals surface area contributed by atoms with Crippen molar-refractivity contribution in [3.05, 3.63) is 51.0 Å². The topological polar surface area (TPSA) is 55.1 Å². The lowest BCUT2D eigenvalue weighted by atomic mass is 10.1. The van der Waals surface area contributed by atoms with Crippen molar-refractivity contribution in [1.82, 2.24) is 9.55 Å². The molecule has 19 heavy (non-hydrogen) atoms. The third-order valence-electron chi connectivity index (χ3n) is 2.87. The molecule has 0 aliphatic carbocycles. The Bertz CT molecular complexity index is 625. The summed E-state index contributed by atoms with van der Waals surface area (Å²) in [5.74, 6) is -0.0482. The number of nitrogens with zero attached hydrogens (tertiary/aromatic N) is 2. The Labute approximate surface area is 124 Å². The second kappa shape index (κ2) is 5.75. The molecule has 0 atom stereocenters. The van der Waals surface area contributed by atoms with Crippen LogP contribution in [0.4, 0.5) is 0 Å². The number of imidazole rings is 1. The molecule has 100 valence electrons. The molecular formula is C13H12BrClN2O2. The molecule has 0 saturated carbocycles. The van der Waals surface area contributed by atoms with Crippen molar-refractivity contribution < 1.29 is 9.90 Å². The Morgan fingerprint density at radius 1 is 1.53 bits per heavy atom. The molecule has 0 radical (unpaired) electrons. The first kappa shape index (κ1) is 14.1. The summed E-state index contributed by atoms with van der Waals surface area (Å²) >= 11 is 9.41. The fourth-order valence-corrected chi connectivity index (χ4v) is 2.60. The van der Waals surface area contributed by atoms with Gasteiger partial charge in [0.2, 0.25) is 0 Å². The molecule has 1 heterocycles. The highest BCUT2D eigenvalue weighted by molar-refractivity contribution is 9.10. The first-order valence-electron chi connectivity index (χ1n) is 5.68. The standard InChI is InChI=1S/C13H12BrClN2O2/c1-8-16-12(14)7-17(8)5-4-9-2-3-10(13(18)19)6-11(9)15/h2-3,6-7H,4-5H2,1H3,(H,18,19). The molecule has 6 heteroatoms. The van der Waals surface area contributed by atoms with E-state index < -0.39 is 5.97 Å². The van der Waals surface area contributed by atoms with Crippen molar-refractivity contribution in [2.24, 2.45) is 0 Å². The number of carbonyl (C=O) groups is 1. The minimum atomic E-state index is -0.970. The number of hydrogen-bond acceptors (Lipinski definition) is 2. The van der Waals surface area contributed by atoms with E-state index >= 15 is 0 Å². The summed E-state index contributed by atoms with van der Waals surface area (Å²) in [5, 5.41) is 9.35. The molecular weight excluding hydrogens is 332 g/mol. The number of hydrogen-bond donors (Lipinski definition) is 1. The maximum absolute atomic E-state index is 10.8. The molecule has 1 aromatic carbocycles. The summed E-state index contributed by atoms with van der Waals surface area (Å²) in [5.41, 5.74) is 1.13. The van der Waals surface area contributed by atoms with Gasteiger partial charge in [0.25, 0.3) is 0 Å². The minimum absolute atomic E-state index is 0.204. The number of halogens is 2. The highest BCUT2D eigenvalue weighted by Gasteiger charge is 2.08. The molecule has 0 fully saturated rings. The lowest BCUT2D eigenvalue weighted by Gasteiger charge is -2.07. The van der Waals surface area contributed by atoms with Crippen molar-refractivity contribution >= 4 is 33.5 Å². The smallest absolute Gasteiger partial charge is 0.335 e. The van der Waals surface area contributed by atoms with Crippen molar-refractivity contribution in [2.45, 2.75) is 19.9 Å². The highest BCUT2D eigenvalue weighted by atomic mass is 79.9. The van der Waals surface area contributed by atoms with Crippen LogP contribution in [-0.2, 0) is 13.0 Å². The molecule has 0 spiro atoms. The third kappa shape index (κ3) is 3.36. The predicted molar refractivity (Wildman–Crippen MR) is 76.8 cm³/mol. The predicted octanol–water partition coefficient (Wildman–Crippen LogP) is 3.55. The average molecular weight is 344 g/mol. The zero-order chi connectivity index (χ0) is 14.0. The van der Waals surface area contributed by atoms with Gasteiger partial charge in [-0.3, -0.25) is 0 Å². The summed E-state index contributed by atoms with van der Waals surface area (Å²) in [6, 6.07) is 4.81. The third-order valence-corrected chi connectivity index (χ3v) is 3.60. The zero-order valence-corrected chi connectivity index (χ0v) is 12.6. The molecule has 0 aliphatic heterocycles. The van der Waals surface area contributed by atoms with Crippen LogP contribution in [0.5, 0.6) is 0 Å². The van der Waals surface area contributed by atoms with Crippen LogP contribution in [0.3, 0.4) is 0 Å². The second-order valence-electron chi connectivity index (χ2n) is 4.17. The van der Waals surface area contributed by atoms with Crippen LogP contribution in [0.1, 0.15) is 21.7 Å². The minimum Gasteiger partial charge on any atom is -0.478 e. The Morgan fingerprint density at radius 3 is 2.79 bits per heavy atom. The van der Waals surface area contributed by atoms with Gasteiger partial charge >= 0.3 is 5.97 Å². The van der Waals surface area contributed by atoms with Crippen LogP contribution in [0.2, 0.25) is 5.02 Å². The van der Waals surface area contributed by atoms with E-state index in [1.54, 1.807) is 12.1 Å². The van der Waals surface area contributed by atoms with Gasteiger partial charge in [-0.05, 0) is 47.0 Å². The summed E-state index contributed by atoms with van der Waals surface area (Å²) < 4.78 is 2.82. The SMILES string of the molecule is Cc1nc(Br)cn1CCc1ccc(C(=O)O)cc1Cl. The number of benzene rings is 1. The largest absolute Gasteiger partial charge is 0.478 e. The van der Waals surface area contributed by atoms with Crippen molar-refractivity contribution in [3.8, 4) is 0 Å². The molecule has 0 amide bonds. The monoisotopic (exact) mass is 342 g/mol. The Morgan fingerprint density at radius 2 is 2.26 bits per heavy atom. The van der Waals surface area contributed by atoms with E-state index in [1.807, 2.05) is 17.7 Å². The van der Waals surface area contributed by atoms with Crippen molar-refractivity contribution in [2.75, 3.05) is 0 Å². The van der Waals surface area contributed by atoms with Gasteiger partial charge in [0.15, 0.2) is 0 Å². The van der Waals surface area contributed by atoms with Crippen LogP contribution in [-0.4, -0.2) is 20.6 Å². The fraction of sp³-hybridized carbons (Fsp3) is 0.231. The lowest BCUT2D eigenvalue weighted by Crippen LogP contribution is -2.03. The van der Waals surface area contributed by atoms with E-state index in [1.165, 1.54) is 6.07 Å². The van der Waals surface area contributed by atoms with E-state index in [9.17, 15) is 4.79 Å². The van der Waals surface area contributed by atoms with Gasteiger partial charge < -0.3 is 9.67 Å². The molecule has 0 saturated heterocycles. The van der Waals surface area contributed by atoms with Gasteiger partial charge in [0.05, 0.1) is 5.56 Å². The fourth-order valence-electron chi connectivity index (χ4n) is 1.82. The van der Waals surface area contributed by atoms with E-state index in [0.717, 1.165) is 29.0 Å². The van der Waals surface area contributed by atoms with Gasteiger partial charge in [-0.25, -0.2) is 9.78 Å². The number of aryl methyl sites for hydroxylation is 3.